The minimum absolute atomic E-state index is 0. The molecule has 692 valence electrons. The monoisotopic (exact) mass is 1640 g/mol. The number of fused-ring (bicyclic) bond motifs is 10. The fourth-order valence-electron chi connectivity index (χ4n) is 21.7. The fourth-order valence-corrected chi connectivity index (χ4v) is 21.7. The molecule has 0 N–H and O–H groups in total. The van der Waals surface area contributed by atoms with Crippen LogP contribution in [0.1, 0.15) is 489 Å². The summed E-state index contributed by atoms with van der Waals surface area (Å²) in [6.07, 6.45) is 35.1. The van der Waals surface area contributed by atoms with Crippen molar-refractivity contribution in [2.45, 2.75) is 523 Å². The first kappa shape index (κ1) is 125. The lowest BCUT2D eigenvalue weighted by molar-refractivity contribution is -0.202. The highest BCUT2D eigenvalue weighted by atomic mass is 16.6. The molecule has 19 atom stereocenters. The van der Waals surface area contributed by atoms with Gasteiger partial charge in [-0.25, -0.2) is 0 Å². The summed E-state index contributed by atoms with van der Waals surface area (Å²) in [5.74, 6) is 5.14. The van der Waals surface area contributed by atoms with E-state index in [4.69, 9.17) is 28.4 Å². The SMILES string of the molecule is C.C.C.C.C.C.C.C.C.C.C.C.CCC(C)(C)C(=O)OC1(C)C2(C)CCC(C2)C1(C)C.CCC(C)(C)C(=O)OC1(CC)CC2CCC1C2.CCC(C)C(=O)OC1(C)C2(C)CCC(C2)C1(C)C.CCC(C)C(=O)OC1(C)CC2CCC1(C)C2(C)C.CCC(C)C(=O)OC1(C)CCCCCC1.CCC(C)C(=O)OC1(CC)CC2CCC1C2. The molecule has 11 rings (SSSR count). The maximum absolute atomic E-state index is 12.5. The molecule has 115 heavy (non-hydrogen) atoms. The van der Waals surface area contributed by atoms with Gasteiger partial charge in [0.25, 0.3) is 0 Å². The first-order valence-corrected chi connectivity index (χ1v) is 42.9. The van der Waals surface area contributed by atoms with Crippen LogP contribution in [0.2, 0.25) is 0 Å². The molecule has 0 spiro atoms. The highest BCUT2D eigenvalue weighted by molar-refractivity contribution is 5.77. The second-order valence-electron chi connectivity index (χ2n) is 40.8. The van der Waals surface area contributed by atoms with Crippen molar-refractivity contribution in [3.05, 3.63) is 0 Å². The number of carbonyl (C=O) groups is 6. The molecule has 11 saturated carbocycles. The molecular weight excluding hydrogens is 1430 g/mol. The number of rotatable bonds is 20. The van der Waals surface area contributed by atoms with Gasteiger partial charge in [-0.2, -0.15) is 0 Å². The van der Waals surface area contributed by atoms with Crippen LogP contribution >= 0.6 is 0 Å². The Morgan fingerprint density at radius 2 is 0.643 bits per heavy atom. The summed E-state index contributed by atoms with van der Waals surface area (Å²) in [6.45, 7) is 61.8. The molecular formula is C103H208O12. The van der Waals surface area contributed by atoms with E-state index in [1.54, 1.807) is 0 Å². The van der Waals surface area contributed by atoms with E-state index in [2.05, 4.69) is 118 Å². The van der Waals surface area contributed by atoms with Gasteiger partial charge in [0, 0.05) is 27.1 Å². The molecule has 0 aromatic rings. The summed E-state index contributed by atoms with van der Waals surface area (Å²) in [7, 11) is 0. The third-order valence-electron chi connectivity index (χ3n) is 33.5. The van der Waals surface area contributed by atoms with Gasteiger partial charge in [-0.05, 0) is 288 Å². The Kier molecular flexibility index (Phi) is 51.0. The maximum Gasteiger partial charge on any atom is 0.312 e. The predicted molar refractivity (Wildman–Crippen MR) is 499 cm³/mol. The van der Waals surface area contributed by atoms with Gasteiger partial charge >= 0.3 is 35.8 Å². The zero-order valence-corrected chi connectivity index (χ0v) is 72.2. The van der Waals surface area contributed by atoms with Crippen molar-refractivity contribution < 1.29 is 57.2 Å². The van der Waals surface area contributed by atoms with Crippen LogP contribution in [0.15, 0.2) is 0 Å². The predicted octanol–water partition coefficient (Wildman–Crippen LogP) is 31.7. The third-order valence-corrected chi connectivity index (χ3v) is 33.5. The van der Waals surface area contributed by atoms with E-state index in [1.165, 1.54) is 116 Å². The van der Waals surface area contributed by atoms with Crippen molar-refractivity contribution >= 4 is 35.8 Å². The molecule has 12 heteroatoms. The topological polar surface area (TPSA) is 158 Å². The second-order valence-corrected chi connectivity index (χ2v) is 40.8. The second kappa shape index (κ2) is 46.9. The van der Waals surface area contributed by atoms with Crippen LogP contribution in [0.25, 0.3) is 0 Å². The summed E-state index contributed by atoms with van der Waals surface area (Å²) in [4.78, 5) is 72.9. The van der Waals surface area contributed by atoms with E-state index in [0.717, 1.165) is 95.3 Å². The highest BCUT2D eigenvalue weighted by Crippen LogP contribution is 2.73. The molecule has 0 saturated heterocycles. The van der Waals surface area contributed by atoms with E-state index >= 15 is 0 Å². The van der Waals surface area contributed by atoms with Crippen LogP contribution in [0.5, 0.6) is 0 Å². The summed E-state index contributed by atoms with van der Waals surface area (Å²) in [6, 6.07) is 0. The van der Waals surface area contributed by atoms with Crippen LogP contribution in [0.3, 0.4) is 0 Å². The number of hydrogen-bond acceptors (Lipinski definition) is 12. The van der Waals surface area contributed by atoms with Crippen molar-refractivity contribution in [1.29, 1.82) is 0 Å². The summed E-state index contributed by atoms with van der Waals surface area (Å²) in [5.41, 5.74) is -1.07. The fraction of sp³-hybridized carbons (Fsp3) is 0.942. The van der Waals surface area contributed by atoms with Gasteiger partial charge in [0.1, 0.15) is 33.6 Å². The van der Waals surface area contributed by atoms with Crippen molar-refractivity contribution in [3.63, 3.8) is 0 Å². The number of ether oxygens (including phenoxy) is 6. The van der Waals surface area contributed by atoms with Crippen LogP contribution in [-0.2, 0) is 57.2 Å². The first-order valence-electron chi connectivity index (χ1n) is 42.9. The zero-order valence-electron chi connectivity index (χ0n) is 72.2. The van der Waals surface area contributed by atoms with Crippen LogP contribution in [0, 0.1) is 108 Å². The van der Waals surface area contributed by atoms with Gasteiger partial charge in [-0.3, -0.25) is 28.8 Å². The van der Waals surface area contributed by atoms with E-state index in [9.17, 15) is 28.8 Å². The smallest absolute Gasteiger partial charge is 0.312 e. The molecule has 12 nitrogen and oxygen atoms in total. The minimum Gasteiger partial charge on any atom is -0.459 e. The molecule has 0 radical (unpaired) electrons. The summed E-state index contributed by atoms with van der Waals surface area (Å²) in [5, 5.41) is 0. The first-order chi connectivity index (χ1) is 47.5. The van der Waals surface area contributed by atoms with Gasteiger partial charge < -0.3 is 28.4 Å². The van der Waals surface area contributed by atoms with E-state index in [0.29, 0.717) is 29.6 Å². The van der Waals surface area contributed by atoms with E-state index in [-0.39, 0.29) is 226 Å². The lowest BCUT2D eigenvalue weighted by Gasteiger charge is -2.51. The van der Waals surface area contributed by atoms with Crippen LogP contribution < -0.4 is 0 Å². The highest BCUT2D eigenvalue weighted by Gasteiger charge is 2.72. The van der Waals surface area contributed by atoms with Crippen molar-refractivity contribution in [3.8, 4) is 0 Å². The lowest BCUT2D eigenvalue weighted by Crippen LogP contribution is -2.55. The number of carbonyl (C=O) groups excluding carboxylic acids is 6. The third kappa shape index (κ3) is 24.6. The normalized spacial score (nSPS) is 33.8. The van der Waals surface area contributed by atoms with Gasteiger partial charge in [0.2, 0.25) is 0 Å². The van der Waals surface area contributed by atoms with Crippen LogP contribution in [0.4, 0.5) is 0 Å². The van der Waals surface area contributed by atoms with Crippen LogP contribution in [-0.4, -0.2) is 69.4 Å². The van der Waals surface area contributed by atoms with Gasteiger partial charge in [0.05, 0.1) is 34.5 Å². The average molecular weight is 1640 g/mol. The Labute approximate surface area is 720 Å². The Morgan fingerprint density at radius 3 is 0.930 bits per heavy atom. The molecule has 11 fully saturated rings. The summed E-state index contributed by atoms with van der Waals surface area (Å²) >= 11 is 0. The number of hydrogen-bond donors (Lipinski definition) is 0. The standard InChI is InChI=1S/C17H30O2.2C16H28O2.C15H26O2.C14H24O2.C13H24O2.12CH4/c1-8-14(2,3)13(18)19-17(7)15(4,5)12-9-10-16(17,6)11-12;1-7-11(2)13(17)18-16(6)10-12-8-9-15(16,5)14(12,3)4;1-7-11(2)13(17)18-16(6)14(3,4)12-8-9-15(16,5)10-12;1-5-14(3,4)13(16)17-15(6-2)10-11-7-8-12(15)9-11;1-4-10(3)13(15)16-14(5-2)9-11-6-7-12(14)8-11;1-4-11(2)12(14)15-13(3)9-7-5-6-8-10-13;;;;;;;;;;;;/h12H,8-11H2,1-7H3;2*11-12H,7-10H2,1-6H3;11-12H,5-10H2,1-4H3;10-12H,4-9H2,1-3H3;11H,4-10H2,1-3H3;12*1H4. The van der Waals surface area contributed by atoms with Gasteiger partial charge in [-0.15, -0.1) is 0 Å². The van der Waals surface area contributed by atoms with Crippen molar-refractivity contribution in [2.75, 3.05) is 0 Å². The Hall–Kier alpha value is -3.18. The zero-order chi connectivity index (χ0) is 78.0. The summed E-state index contributed by atoms with van der Waals surface area (Å²) < 4.78 is 35.8. The molecule has 0 amide bonds. The van der Waals surface area contributed by atoms with E-state index < -0.39 is 0 Å². The van der Waals surface area contributed by atoms with Crippen molar-refractivity contribution in [1.82, 2.24) is 0 Å². The molecule has 0 heterocycles. The molecule has 0 aromatic heterocycles. The Bertz CT molecular complexity index is 2860. The quantitative estimate of drug-likeness (QED) is 0.0646. The molecule has 0 aliphatic heterocycles. The molecule has 11 aliphatic carbocycles. The maximum atomic E-state index is 12.5. The van der Waals surface area contributed by atoms with Gasteiger partial charge in [0.15, 0.2) is 0 Å². The lowest BCUT2D eigenvalue weighted by atomic mass is 9.61. The largest absolute Gasteiger partial charge is 0.459 e. The Balaban J connectivity index is -0.000000239. The molecule has 0 aromatic carbocycles. The Morgan fingerprint density at radius 1 is 0.330 bits per heavy atom. The van der Waals surface area contributed by atoms with Gasteiger partial charge in [-0.1, -0.05) is 247 Å². The molecule has 19 unspecified atom stereocenters. The number of esters is 6. The van der Waals surface area contributed by atoms with Crippen molar-refractivity contribution in [2.24, 2.45) is 108 Å². The minimum atomic E-state index is -0.378. The molecule has 10 bridgehead atoms. The average Bonchev–Trinajstić information content (AvgIpc) is 1.55. The van der Waals surface area contributed by atoms with E-state index in [1.807, 2.05) is 83.1 Å². The molecule has 11 aliphatic rings.